The lowest BCUT2D eigenvalue weighted by atomic mass is 10.2. The molecule has 0 aliphatic rings. The van der Waals surface area contributed by atoms with E-state index in [1.807, 2.05) is 0 Å². The SMILES string of the molecule is O=S(=O)(Nc1ccc(Cl)cc1C(F)(F)F)c1ccccc1F. The Morgan fingerprint density at radius 1 is 1.05 bits per heavy atom. The van der Waals surface area contributed by atoms with Crippen LogP contribution in [0, 0.1) is 5.82 Å². The molecular weight excluding hydrogens is 346 g/mol. The van der Waals surface area contributed by atoms with Crippen molar-refractivity contribution in [1.29, 1.82) is 0 Å². The number of alkyl halides is 3. The number of hydrogen-bond donors (Lipinski definition) is 1. The van der Waals surface area contributed by atoms with Gasteiger partial charge in [0.2, 0.25) is 0 Å². The number of halogens is 5. The van der Waals surface area contributed by atoms with E-state index < -0.39 is 38.2 Å². The lowest BCUT2D eigenvalue weighted by molar-refractivity contribution is -0.136. The van der Waals surface area contributed by atoms with Crippen LogP contribution in [0.2, 0.25) is 5.02 Å². The van der Waals surface area contributed by atoms with Gasteiger partial charge in [-0.05, 0) is 30.3 Å². The lowest BCUT2D eigenvalue weighted by Gasteiger charge is -2.15. The highest BCUT2D eigenvalue weighted by molar-refractivity contribution is 7.92. The van der Waals surface area contributed by atoms with Crippen molar-refractivity contribution in [3.8, 4) is 0 Å². The van der Waals surface area contributed by atoms with Gasteiger partial charge in [-0.3, -0.25) is 4.72 Å². The highest BCUT2D eigenvalue weighted by Crippen LogP contribution is 2.37. The third kappa shape index (κ3) is 3.50. The van der Waals surface area contributed by atoms with Gasteiger partial charge in [-0.25, -0.2) is 12.8 Å². The van der Waals surface area contributed by atoms with Crippen molar-refractivity contribution in [2.45, 2.75) is 11.1 Å². The first kappa shape index (κ1) is 16.6. The largest absolute Gasteiger partial charge is 0.418 e. The quantitative estimate of drug-likeness (QED) is 0.836. The molecular formula is C13H8ClF4NO2S. The Kier molecular flexibility index (Phi) is 4.35. The maximum Gasteiger partial charge on any atom is 0.418 e. The van der Waals surface area contributed by atoms with Gasteiger partial charge in [0, 0.05) is 5.02 Å². The van der Waals surface area contributed by atoms with Crippen molar-refractivity contribution < 1.29 is 26.0 Å². The molecule has 0 radical (unpaired) electrons. The van der Waals surface area contributed by atoms with E-state index >= 15 is 0 Å². The average molecular weight is 354 g/mol. The van der Waals surface area contributed by atoms with Gasteiger partial charge in [-0.1, -0.05) is 23.7 Å². The molecule has 0 saturated heterocycles. The molecule has 9 heteroatoms. The van der Waals surface area contributed by atoms with Crippen molar-refractivity contribution in [2.24, 2.45) is 0 Å². The van der Waals surface area contributed by atoms with Crippen LogP contribution in [0.15, 0.2) is 47.4 Å². The minimum atomic E-state index is -4.82. The lowest BCUT2D eigenvalue weighted by Crippen LogP contribution is -2.18. The topological polar surface area (TPSA) is 46.2 Å². The zero-order valence-corrected chi connectivity index (χ0v) is 12.2. The molecule has 0 bridgehead atoms. The van der Waals surface area contributed by atoms with Gasteiger partial charge in [-0.15, -0.1) is 0 Å². The Hall–Kier alpha value is -1.80. The Morgan fingerprint density at radius 2 is 1.68 bits per heavy atom. The fourth-order valence-corrected chi connectivity index (χ4v) is 3.03. The van der Waals surface area contributed by atoms with Crippen LogP contribution >= 0.6 is 11.6 Å². The summed E-state index contributed by atoms with van der Waals surface area (Å²) in [6.45, 7) is 0. The predicted molar refractivity (Wildman–Crippen MR) is 73.7 cm³/mol. The third-order valence-corrected chi connectivity index (χ3v) is 4.29. The highest BCUT2D eigenvalue weighted by atomic mass is 35.5. The van der Waals surface area contributed by atoms with Crippen LogP contribution in [-0.2, 0) is 16.2 Å². The fraction of sp³-hybridized carbons (Fsp3) is 0.0769. The van der Waals surface area contributed by atoms with Gasteiger partial charge in [0.25, 0.3) is 10.0 Å². The van der Waals surface area contributed by atoms with E-state index in [9.17, 15) is 26.0 Å². The van der Waals surface area contributed by atoms with Gasteiger partial charge < -0.3 is 0 Å². The number of benzene rings is 2. The molecule has 2 rings (SSSR count). The molecule has 1 N–H and O–H groups in total. The summed E-state index contributed by atoms with van der Waals surface area (Å²) in [5.41, 5.74) is -2.00. The summed E-state index contributed by atoms with van der Waals surface area (Å²) in [4.78, 5) is -0.752. The molecule has 2 aromatic rings. The molecule has 0 aliphatic carbocycles. The summed E-state index contributed by atoms with van der Waals surface area (Å²) in [5.74, 6) is -1.07. The Morgan fingerprint density at radius 3 is 2.27 bits per heavy atom. The smallest absolute Gasteiger partial charge is 0.279 e. The fourth-order valence-electron chi connectivity index (χ4n) is 1.70. The van der Waals surface area contributed by atoms with E-state index in [0.29, 0.717) is 6.07 Å². The molecule has 0 saturated carbocycles. The first-order valence-electron chi connectivity index (χ1n) is 5.75. The first-order chi connectivity index (χ1) is 10.1. The van der Waals surface area contributed by atoms with Crippen LogP contribution in [0.3, 0.4) is 0 Å². The van der Waals surface area contributed by atoms with Crippen LogP contribution in [0.25, 0.3) is 0 Å². The molecule has 0 fully saturated rings. The van der Waals surface area contributed by atoms with Crippen molar-refractivity contribution in [3.63, 3.8) is 0 Å². The second-order valence-electron chi connectivity index (χ2n) is 4.22. The molecule has 0 unspecified atom stereocenters. The molecule has 0 aliphatic heterocycles. The van der Waals surface area contributed by atoms with E-state index in [1.54, 1.807) is 4.72 Å². The molecule has 118 valence electrons. The van der Waals surface area contributed by atoms with Crippen LogP contribution in [0.5, 0.6) is 0 Å². The van der Waals surface area contributed by atoms with Crippen LogP contribution in [0.1, 0.15) is 5.56 Å². The van der Waals surface area contributed by atoms with E-state index in [0.717, 1.165) is 24.3 Å². The monoisotopic (exact) mass is 353 g/mol. The normalized spacial score (nSPS) is 12.2. The maximum atomic E-state index is 13.5. The molecule has 22 heavy (non-hydrogen) atoms. The number of sulfonamides is 1. The number of anilines is 1. The van der Waals surface area contributed by atoms with E-state index in [-0.39, 0.29) is 5.02 Å². The van der Waals surface area contributed by atoms with Gasteiger partial charge in [-0.2, -0.15) is 13.2 Å². The number of hydrogen-bond acceptors (Lipinski definition) is 2. The Balaban J connectivity index is 2.50. The molecule has 0 aromatic heterocycles. The minimum Gasteiger partial charge on any atom is -0.279 e. The van der Waals surface area contributed by atoms with Gasteiger partial charge in [0.1, 0.15) is 10.7 Å². The number of rotatable bonds is 3. The Bertz CT molecular complexity index is 806. The van der Waals surface area contributed by atoms with E-state index in [4.69, 9.17) is 11.6 Å². The molecule has 0 heterocycles. The number of nitrogens with one attached hydrogen (secondary N) is 1. The summed E-state index contributed by atoms with van der Waals surface area (Å²) in [5, 5.41) is -0.207. The molecule has 2 aromatic carbocycles. The van der Waals surface area contributed by atoms with Crippen LogP contribution in [0.4, 0.5) is 23.2 Å². The second-order valence-corrected chi connectivity index (χ2v) is 6.31. The van der Waals surface area contributed by atoms with E-state index in [1.165, 1.54) is 12.1 Å². The zero-order valence-electron chi connectivity index (χ0n) is 10.7. The van der Waals surface area contributed by atoms with Crippen molar-refractivity contribution >= 4 is 27.3 Å². The zero-order chi connectivity index (χ0) is 16.5. The molecule has 0 spiro atoms. The molecule has 3 nitrogen and oxygen atoms in total. The van der Waals surface area contributed by atoms with Gasteiger partial charge in [0.05, 0.1) is 11.3 Å². The average Bonchev–Trinajstić information content (AvgIpc) is 2.39. The summed E-state index contributed by atoms with van der Waals surface area (Å²) in [6, 6.07) is 6.89. The molecule has 0 atom stereocenters. The summed E-state index contributed by atoms with van der Waals surface area (Å²) < 4.78 is 78.1. The van der Waals surface area contributed by atoms with Gasteiger partial charge >= 0.3 is 6.18 Å². The minimum absolute atomic E-state index is 0.207. The van der Waals surface area contributed by atoms with Crippen molar-refractivity contribution in [2.75, 3.05) is 4.72 Å². The Labute approximate surface area is 128 Å². The van der Waals surface area contributed by atoms with Gasteiger partial charge in [0.15, 0.2) is 0 Å². The van der Waals surface area contributed by atoms with Crippen molar-refractivity contribution in [1.82, 2.24) is 0 Å². The molecule has 0 amide bonds. The van der Waals surface area contributed by atoms with Crippen molar-refractivity contribution in [3.05, 3.63) is 58.9 Å². The summed E-state index contributed by atoms with van der Waals surface area (Å²) >= 11 is 5.50. The first-order valence-corrected chi connectivity index (χ1v) is 7.61. The van der Waals surface area contributed by atoms with Crippen LogP contribution in [-0.4, -0.2) is 8.42 Å². The summed E-state index contributed by atoms with van der Waals surface area (Å²) in [7, 11) is -4.51. The highest BCUT2D eigenvalue weighted by Gasteiger charge is 2.35. The van der Waals surface area contributed by atoms with E-state index in [2.05, 4.69) is 0 Å². The van der Waals surface area contributed by atoms with Crippen LogP contribution < -0.4 is 4.72 Å². The third-order valence-electron chi connectivity index (χ3n) is 2.66. The maximum absolute atomic E-state index is 13.5. The summed E-state index contributed by atoms with van der Waals surface area (Å²) in [6.07, 6.45) is -4.82. The predicted octanol–water partition coefficient (Wildman–Crippen LogP) is 4.30. The standard InChI is InChI=1S/C13H8ClF4NO2S/c14-8-5-6-11(9(7-8)13(16,17)18)19-22(20,21)12-4-2-1-3-10(12)15/h1-7,19H. The second kappa shape index (κ2) is 5.77.